The van der Waals surface area contributed by atoms with Gasteiger partial charge in [-0.3, -0.25) is 4.57 Å². The smallest absolute Gasteiger partial charge is 0.208 e. The maximum atomic E-state index is 4.98. The third-order valence-corrected chi connectivity index (χ3v) is 4.93. The highest BCUT2D eigenvalue weighted by Crippen LogP contribution is 2.31. The van der Waals surface area contributed by atoms with Gasteiger partial charge in [-0.25, -0.2) is 15.0 Å². The molecule has 0 saturated heterocycles. The molecule has 26 heavy (non-hydrogen) atoms. The Kier molecular flexibility index (Phi) is 4.49. The molecule has 0 aliphatic carbocycles. The molecule has 0 fully saturated rings. The molecule has 1 N–H and O–H groups in total. The topological polar surface area (TPSA) is 58.9 Å². The summed E-state index contributed by atoms with van der Waals surface area (Å²) >= 11 is 0. The number of imidazole rings is 1. The third-order valence-electron chi connectivity index (χ3n) is 4.93. The zero-order valence-corrected chi connectivity index (χ0v) is 15.7. The summed E-state index contributed by atoms with van der Waals surface area (Å²) in [5.41, 5.74) is 4.60. The van der Waals surface area contributed by atoms with Crippen molar-refractivity contribution in [2.75, 3.05) is 23.3 Å². The van der Waals surface area contributed by atoms with Gasteiger partial charge in [-0.1, -0.05) is 31.2 Å². The van der Waals surface area contributed by atoms with E-state index in [0.717, 1.165) is 55.4 Å². The quantitative estimate of drug-likeness (QED) is 0.758. The van der Waals surface area contributed by atoms with Gasteiger partial charge in [-0.15, -0.1) is 0 Å². The average molecular weight is 350 g/mol. The summed E-state index contributed by atoms with van der Waals surface area (Å²) in [6, 6.07) is 8.97. The Morgan fingerprint density at radius 3 is 2.73 bits per heavy atom. The lowest BCUT2D eigenvalue weighted by Crippen LogP contribution is -2.32. The van der Waals surface area contributed by atoms with E-state index in [4.69, 9.17) is 4.98 Å². The number of fused-ring (bicyclic) bond motifs is 2. The summed E-state index contributed by atoms with van der Waals surface area (Å²) in [4.78, 5) is 16.3. The van der Waals surface area contributed by atoms with Crippen molar-refractivity contribution in [3.05, 3.63) is 41.7 Å². The monoisotopic (exact) mass is 350 g/mol. The highest BCUT2D eigenvalue weighted by molar-refractivity contribution is 5.85. The first kappa shape index (κ1) is 16.8. The van der Waals surface area contributed by atoms with E-state index in [1.54, 1.807) is 6.33 Å². The van der Waals surface area contributed by atoms with Gasteiger partial charge < -0.3 is 10.2 Å². The SMILES string of the molecule is CCCNc1ncnc2c1nc(N1CCc3ccccc3C1)n2C(C)C. The molecule has 0 unspecified atom stereocenters. The van der Waals surface area contributed by atoms with E-state index < -0.39 is 0 Å². The maximum Gasteiger partial charge on any atom is 0.208 e. The molecular weight excluding hydrogens is 324 g/mol. The van der Waals surface area contributed by atoms with Gasteiger partial charge in [-0.2, -0.15) is 0 Å². The molecule has 6 nitrogen and oxygen atoms in total. The molecule has 4 rings (SSSR count). The highest BCUT2D eigenvalue weighted by Gasteiger charge is 2.24. The van der Waals surface area contributed by atoms with Crippen LogP contribution >= 0.6 is 0 Å². The van der Waals surface area contributed by atoms with Crippen molar-refractivity contribution in [2.45, 2.75) is 46.2 Å². The first-order valence-corrected chi connectivity index (χ1v) is 9.47. The number of hydrogen-bond donors (Lipinski definition) is 1. The van der Waals surface area contributed by atoms with Crippen molar-refractivity contribution >= 4 is 22.9 Å². The van der Waals surface area contributed by atoms with Crippen LogP contribution in [0.4, 0.5) is 11.8 Å². The van der Waals surface area contributed by atoms with Crippen LogP contribution in [0.3, 0.4) is 0 Å². The maximum absolute atomic E-state index is 4.98. The van der Waals surface area contributed by atoms with Crippen LogP contribution in [0, 0.1) is 0 Å². The molecule has 0 saturated carbocycles. The molecule has 1 aliphatic heterocycles. The fourth-order valence-corrected chi connectivity index (χ4v) is 3.64. The second-order valence-electron chi connectivity index (χ2n) is 7.14. The van der Waals surface area contributed by atoms with E-state index in [1.807, 2.05) is 0 Å². The molecule has 3 heterocycles. The van der Waals surface area contributed by atoms with E-state index in [-0.39, 0.29) is 6.04 Å². The van der Waals surface area contributed by atoms with E-state index in [0.29, 0.717) is 0 Å². The van der Waals surface area contributed by atoms with E-state index in [2.05, 4.69) is 69.8 Å². The van der Waals surface area contributed by atoms with Gasteiger partial charge in [0.2, 0.25) is 5.95 Å². The molecule has 0 radical (unpaired) electrons. The predicted octanol–water partition coefficient (Wildman–Crippen LogP) is 3.79. The standard InChI is InChI=1S/C20H26N6/c1-4-10-21-18-17-19(23-13-22-18)26(14(2)3)20(24-17)25-11-9-15-7-5-6-8-16(15)12-25/h5-8,13-14H,4,9-12H2,1-3H3,(H,21,22,23). The van der Waals surface area contributed by atoms with Crippen LogP contribution in [0.15, 0.2) is 30.6 Å². The first-order valence-electron chi connectivity index (χ1n) is 9.47. The molecule has 2 aromatic heterocycles. The lowest BCUT2D eigenvalue weighted by atomic mass is 10.0. The summed E-state index contributed by atoms with van der Waals surface area (Å²) in [6.45, 7) is 9.25. The zero-order chi connectivity index (χ0) is 18.1. The number of benzene rings is 1. The number of nitrogens with zero attached hydrogens (tertiary/aromatic N) is 5. The predicted molar refractivity (Wildman–Crippen MR) is 106 cm³/mol. The van der Waals surface area contributed by atoms with Gasteiger partial charge in [0.1, 0.15) is 6.33 Å². The lowest BCUT2D eigenvalue weighted by molar-refractivity contribution is 0.586. The van der Waals surface area contributed by atoms with Crippen LogP contribution in [0.2, 0.25) is 0 Å². The number of aromatic nitrogens is 4. The van der Waals surface area contributed by atoms with Crippen LogP contribution < -0.4 is 10.2 Å². The molecule has 6 heteroatoms. The van der Waals surface area contributed by atoms with Crippen LogP contribution in [0.1, 0.15) is 44.4 Å². The third kappa shape index (κ3) is 2.89. The van der Waals surface area contributed by atoms with Crippen molar-refractivity contribution in [3.63, 3.8) is 0 Å². The summed E-state index contributed by atoms with van der Waals surface area (Å²) in [5, 5.41) is 3.39. The molecule has 136 valence electrons. The van der Waals surface area contributed by atoms with Crippen molar-refractivity contribution < 1.29 is 0 Å². The van der Waals surface area contributed by atoms with Crippen molar-refractivity contribution in [2.24, 2.45) is 0 Å². The van der Waals surface area contributed by atoms with E-state index in [9.17, 15) is 0 Å². The summed E-state index contributed by atoms with van der Waals surface area (Å²) in [5.74, 6) is 1.82. The van der Waals surface area contributed by atoms with Crippen molar-refractivity contribution in [3.8, 4) is 0 Å². The minimum absolute atomic E-state index is 0.279. The van der Waals surface area contributed by atoms with Crippen LogP contribution in [0.25, 0.3) is 11.2 Å². The number of anilines is 2. The second kappa shape index (κ2) is 6.94. The Balaban J connectivity index is 1.78. The number of rotatable bonds is 5. The fourth-order valence-electron chi connectivity index (χ4n) is 3.64. The summed E-state index contributed by atoms with van der Waals surface area (Å²) in [7, 11) is 0. The Hall–Kier alpha value is -2.63. The van der Waals surface area contributed by atoms with E-state index in [1.165, 1.54) is 11.1 Å². The van der Waals surface area contributed by atoms with E-state index >= 15 is 0 Å². The Morgan fingerprint density at radius 2 is 1.96 bits per heavy atom. The molecule has 3 aromatic rings. The first-order chi connectivity index (χ1) is 12.7. The van der Waals surface area contributed by atoms with Gasteiger partial charge in [0, 0.05) is 25.7 Å². The average Bonchev–Trinajstić information content (AvgIpc) is 3.06. The summed E-state index contributed by atoms with van der Waals surface area (Å²) in [6.07, 6.45) is 3.73. The highest BCUT2D eigenvalue weighted by atomic mass is 15.3. The lowest BCUT2D eigenvalue weighted by Gasteiger charge is -2.30. The normalized spacial score (nSPS) is 14.1. The number of hydrogen-bond acceptors (Lipinski definition) is 5. The second-order valence-corrected chi connectivity index (χ2v) is 7.14. The fraction of sp³-hybridized carbons (Fsp3) is 0.450. The van der Waals surface area contributed by atoms with Crippen molar-refractivity contribution in [1.82, 2.24) is 19.5 Å². The van der Waals surface area contributed by atoms with Gasteiger partial charge in [0.05, 0.1) is 0 Å². The van der Waals surface area contributed by atoms with Crippen molar-refractivity contribution in [1.29, 1.82) is 0 Å². The Morgan fingerprint density at radius 1 is 1.15 bits per heavy atom. The van der Waals surface area contributed by atoms with Gasteiger partial charge in [-0.05, 0) is 37.8 Å². The van der Waals surface area contributed by atoms with Gasteiger partial charge in [0.25, 0.3) is 0 Å². The number of nitrogens with one attached hydrogen (secondary N) is 1. The largest absolute Gasteiger partial charge is 0.368 e. The molecule has 0 bridgehead atoms. The molecule has 1 aromatic carbocycles. The Bertz CT molecular complexity index is 914. The minimum Gasteiger partial charge on any atom is -0.368 e. The molecule has 0 atom stereocenters. The molecule has 1 aliphatic rings. The minimum atomic E-state index is 0.279. The van der Waals surface area contributed by atoms with Crippen LogP contribution in [-0.2, 0) is 13.0 Å². The molecule has 0 amide bonds. The molecule has 0 spiro atoms. The Labute approximate surface area is 154 Å². The zero-order valence-electron chi connectivity index (χ0n) is 15.7. The molecular formula is C20H26N6. The van der Waals surface area contributed by atoms with Gasteiger partial charge in [0.15, 0.2) is 17.0 Å². The summed E-state index contributed by atoms with van der Waals surface area (Å²) < 4.78 is 2.24. The van der Waals surface area contributed by atoms with Crippen LogP contribution in [0.5, 0.6) is 0 Å². The van der Waals surface area contributed by atoms with Gasteiger partial charge >= 0.3 is 0 Å². The van der Waals surface area contributed by atoms with Crippen LogP contribution in [-0.4, -0.2) is 32.6 Å².